The summed E-state index contributed by atoms with van der Waals surface area (Å²) >= 11 is 0. The molecule has 2 aromatic rings. The Balaban J connectivity index is 1.93. The van der Waals surface area contributed by atoms with Gasteiger partial charge in [-0.3, -0.25) is 4.79 Å². The predicted molar refractivity (Wildman–Crippen MR) is 93.3 cm³/mol. The van der Waals surface area contributed by atoms with E-state index in [0.29, 0.717) is 18.5 Å². The molecule has 0 saturated carbocycles. The summed E-state index contributed by atoms with van der Waals surface area (Å²) in [5, 5.41) is 3.62. The Morgan fingerprint density at radius 2 is 1.74 bits per heavy atom. The molecule has 0 aliphatic carbocycles. The van der Waals surface area contributed by atoms with Gasteiger partial charge in [0.1, 0.15) is 0 Å². The van der Waals surface area contributed by atoms with Crippen LogP contribution in [0.2, 0.25) is 0 Å². The second-order valence-electron chi connectivity index (χ2n) is 5.98. The molecule has 1 N–H and O–H groups in total. The summed E-state index contributed by atoms with van der Waals surface area (Å²) in [4.78, 5) is 11.4. The molecule has 2 aromatic carbocycles. The van der Waals surface area contributed by atoms with Crippen molar-refractivity contribution in [1.82, 2.24) is 5.32 Å². The molecule has 2 unspecified atom stereocenters. The van der Waals surface area contributed by atoms with Crippen molar-refractivity contribution in [3.05, 3.63) is 71.3 Å². The third kappa shape index (κ3) is 5.53. The first kappa shape index (κ1) is 17.2. The topological polar surface area (TPSA) is 38.3 Å². The fraction of sp³-hybridized carbons (Fsp3) is 0.350. The van der Waals surface area contributed by atoms with Gasteiger partial charge >= 0.3 is 5.97 Å². The zero-order chi connectivity index (χ0) is 16.7. The number of hydrogen-bond donors (Lipinski definition) is 1. The first-order valence-corrected chi connectivity index (χ1v) is 8.04. The van der Waals surface area contributed by atoms with Crippen molar-refractivity contribution in [1.29, 1.82) is 0 Å². The smallest absolute Gasteiger partial charge is 0.309 e. The van der Waals surface area contributed by atoms with Gasteiger partial charge in [-0.05, 0) is 37.0 Å². The summed E-state index contributed by atoms with van der Waals surface area (Å²) in [7, 11) is 1.42. The molecule has 0 amide bonds. The van der Waals surface area contributed by atoms with Gasteiger partial charge in [0.05, 0.1) is 13.5 Å². The monoisotopic (exact) mass is 311 g/mol. The number of rotatable bonds is 7. The lowest BCUT2D eigenvalue weighted by Gasteiger charge is -2.20. The van der Waals surface area contributed by atoms with Gasteiger partial charge in [-0.15, -0.1) is 0 Å². The highest BCUT2D eigenvalue weighted by Crippen LogP contribution is 2.14. The highest BCUT2D eigenvalue weighted by atomic mass is 16.5. The number of nitrogens with one attached hydrogen (secondary N) is 1. The van der Waals surface area contributed by atoms with Crippen LogP contribution in [0.5, 0.6) is 0 Å². The number of hydrogen-bond acceptors (Lipinski definition) is 3. The molecule has 0 heterocycles. The molecule has 0 fully saturated rings. The minimum atomic E-state index is -0.203. The molecule has 122 valence electrons. The highest BCUT2D eigenvalue weighted by molar-refractivity contribution is 5.72. The van der Waals surface area contributed by atoms with E-state index in [4.69, 9.17) is 4.74 Å². The maximum atomic E-state index is 11.4. The summed E-state index contributed by atoms with van der Waals surface area (Å²) in [6.45, 7) is 4.37. The Bertz CT molecular complexity index is 625. The van der Waals surface area contributed by atoms with E-state index < -0.39 is 0 Å². The predicted octanol–water partition coefficient (Wildman–Crippen LogP) is 3.68. The van der Waals surface area contributed by atoms with Gasteiger partial charge in [0.2, 0.25) is 0 Å². The first-order valence-electron chi connectivity index (χ1n) is 8.04. The van der Waals surface area contributed by atoms with Crippen molar-refractivity contribution in [2.45, 2.75) is 38.8 Å². The molecule has 23 heavy (non-hydrogen) atoms. The second-order valence-corrected chi connectivity index (χ2v) is 5.98. The van der Waals surface area contributed by atoms with E-state index in [1.165, 1.54) is 18.2 Å². The average Bonchev–Trinajstić information content (AvgIpc) is 2.55. The fourth-order valence-electron chi connectivity index (χ4n) is 2.78. The number of ether oxygens (including phenoxy) is 1. The maximum absolute atomic E-state index is 11.4. The number of esters is 1. The van der Waals surface area contributed by atoms with Crippen molar-refractivity contribution in [3.63, 3.8) is 0 Å². The molecular formula is C20H25NO2. The van der Waals surface area contributed by atoms with Gasteiger partial charge in [0.25, 0.3) is 0 Å². The van der Waals surface area contributed by atoms with Crippen LogP contribution in [0.3, 0.4) is 0 Å². The second kappa shape index (κ2) is 8.49. The zero-order valence-electron chi connectivity index (χ0n) is 14.1. The van der Waals surface area contributed by atoms with Crippen molar-refractivity contribution >= 4 is 5.97 Å². The minimum Gasteiger partial charge on any atom is -0.469 e. The van der Waals surface area contributed by atoms with Crippen LogP contribution >= 0.6 is 0 Å². The number of carbonyl (C=O) groups excluding carboxylic acids is 1. The van der Waals surface area contributed by atoms with E-state index in [0.717, 1.165) is 12.0 Å². The molecule has 0 radical (unpaired) electrons. The van der Waals surface area contributed by atoms with Crippen LogP contribution in [0.15, 0.2) is 54.6 Å². The third-order valence-corrected chi connectivity index (χ3v) is 3.94. The van der Waals surface area contributed by atoms with E-state index >= 15 is 0 Å². The Morgan fingerprint density at radius 3 is 2.43 bits per heavy atom. The van der Waals surface area contributed by atoms with Crippen molar-refractivity contribution in [3.8, 4) is 0 Å². The van der Waals surface area contributed by atoms with Gasteiger partial charge in [0, 0.05) is 12.1 Å². The van der Waals surface area contributed by atoms with Gasteiger partial charge < -0.3 is 10.1 Å². The van der Waals surface area contributed by atoms with Gasteiger partial charge in [-0.25, -0.2) is 0 Å². The minimum absolute atomic E-state index is 0.203. The lowest BCUT2D eigenvalue weighted by molar-refractivity contribution is -0.139. The van der Waals surface area contributed by atoms with Crippen molar-refractivity contribution in [2.24, 2.45) is 0 Å². The zero-order valence-corrected chi connectivity index (χ0v) is 14.1. The lowest BCUT2D eigenvalue weighted by Crippen LogP contribution is -2.30. The fourth-order valence-corrected chi connectivity index (χ4v) is 2.78. The SMILES string of the molecule is COC(=O)Cc1cccc(CC(C)NC(C)c2ccccc2)c1. The molecule has 0 aliphatic rings. The molecule has 0 aliphatic heterocycles. The number of benzene rings is 2. The molecule has 3 nitrogen and oxygen atoms in total. The largest absolute Gasteiger partial charge is 0.469 e. The van der Waals surface area contributed by atoms with E-state index in [9.17, 15) is 4.79 Å². The van der Waals surface area contributed by atoms with Gasteiger partial charge in [-0.1, -0.05) is 54.6 Å². The normalized spacial score (nSPS) is 13.3. The number of methoxy groups -OCH3 is 1. The Morgan fingerprint density at radius 1 is 1.04 bits per heavy atom. The lowest BCUT2D eigenvalue weighted by atomic mass is 10.0. The molecule has 2 atom stereocenters. The van der Waals surface area contributed by atoms with Crippen LogP contribution in [0.1, 0.15) is 36.6 Å². The van der Waals surface area contributed by atoms with E-state index in [-0.39, 0.29) is 5.97 Å². The quantitative estimate of drug-likeness (QED) is 0.793. The summed E-state index contributed by atoms with van der Waals surface area (Å²) in [6.07, 6.45) is 1.25. The summed E-state index contributed by atoms with van der Waals surface area (Å²) in [6, 6.07) is 19.3. The average molecular weight is 311 g/mol. The Hall–Kier alpha value is -2.13. The molecule has 2 rings (SSSR count). The van der Waals surface area contributed by atoms with E-state index in [1.54, 1.807) is 0 Å². The molecule has 0 spiro atoms. The summed E-state index contributed by atoms with van der Waals surface area (Å²) in [5.74, 6) is -0.203. The van der Waals surface area contributed by atoms with Gasteiger partial charge in [-0.2, -0.15) is 0 Å². The summed E-state index contributed by atoms with van der Waals surface area (Å²) < 4.78 is 4.73. The van der Waals surface area contributed by atoms with Crippen LogP contribution < -0.4 is 5.32 Å². The molecule has 0 saturated heterocycles. The van der Waals surface area contributed by atoms with E-state index in [1.807, 2.05) is 18.2 Å². The summed E-state index contributed by atoms with van der Waals surface area (Å²) in [5.41, 5.74) is 3.52. The molecule has 0 bridgehead atoms. The Kier molecular flexibility index (Phi) is 6.36. The van der Waals surface area contributed by atoms with Gasteiger partial charge in [0.15, 0.2) is 0 Å². The van der Waals surface area contributed by atoms with Crippen LogP contribution in [-0.2, 0) is 22.4 Å². The number of carbonyl (C=O) groups is 1. The van der Waals surface area contributed by atoms with Crippen LogP contribution in [0.25, 0.3) is 0 Å². The Labute approximate surface area is 138 Å². The molecule has 0 aromatic heterocycles. The van der Waals surface area contributed by atoms with Crippen LogP contribution in [-0.4, -0.2) is 19.1 Å². The van der Waals surface area contributed by atoms with Crippen molar-refractivity contribution in [2.75, 3.05) is 7.11 Å². The standard InChI is InChI=1S/C20H25NO2/c1-15(21-16(2)19-10-5-4-6-11-19)12-17-8-7-9-18(13-17)14-20(22)23-3/h4-11,13,15-16,21H,12,14H2,1-3H3. The molecule has 3 heteroatoms. The van der Waals surface area contributed by atoms with E-state index in [2.05, 4.69) is 55.6 Å². The first-order chi connectivity index (χ1) is 11.1. The van der Waals surface area contributed by atoms with Crippen LogP contribution in [0, 0.1) is 0 Å². The molecular weight excluding hydrogens is 286 g/mol. The van der Waals surface area contributed by atoms with Crippen LogP contribution in [0.4, 0.5) is 0 Å². The van der Waals surface area contributed by atoms with Crippen molar-refractivity contribution < 1.29 is 9.53 Å². The maximum Gasteiger partial charge on any atom is 0.309 e. The highest BCUT2D eigenvalue weighted by Gasteiger charge is 2.10. The third-order valence-electron chi connectivity index (χ3n) is 3.94.